The first kappa shape index (κ1) is 29.2. The van der Waals surface area contributed by atoms with Crippen LogP contribution >= 0.6 is 12.4 Å². The van der Waals surface area contributed by atoms with Crippen molar-refractivity contribution in [3.05, 3.63) is 89.5 Å². The molecule has 2 amide bonds. The van der Waals surface area contributed by atoms with Crippen LogP contribution in [0.2, 0.25) is 0 Å². The molecule has 2 aromatic carbocycles. The minimum absolute atomic E-state index is 0. The van der Waals surface area contributed by atoms with E-state index in [1.54, 1.807) is 30.3 Å². The number of halogens is 1. The first-order valence-corrected chi connectivity index (χ1v) is 12.9. The van der Waals surface area contributed by atoms with E-state index in [1.807, 2.05) is 88.2 Å². The Morgan fingerprint density at radius 1 is 0.610 bits per heavy atom. The van der Waals surface area contributed by atoms with Gasteiger partial charge in [-0.1, -0.05) is 6.07 Å². The third kappa shape index (κ3) is 6.20. The van der Waals surface area contributed by atoms with Crippen LogP contribution in [0.15, 0.2) is 66.7 Å². The number of carbonyl (C=O) groups excluding carboxylic acids is 2. The maximum absolute atomic E-state index is 13.1. The number of fused-ring (bicyclic) bond motifs is 2. The fourth-order valence-corrected chi connectivity index (χ4v) is 4.65. The topological polar surface area (TPSA) is 103 Å². The Kier molecular flexibility index (Phi) is 8.39. The van der Waals surface area contributed by atoms with E-state index in [1.165, 1.54) is 0 Å². The van der Waals surface area contributed by atoms with Crippen LogP contribution in [0, 0.1) is 13.8 Å². The Balaban J connectivity index is 0.00000387. The molecule has 0 saturated carbocycles. The van der Waals surface area contributed by atoms with Crippen LogP contribution in [0.25, 0.3) is 21.8 Å². The van der Waals surface area contributed by atoms with Gasteiger partial charge >= 0.3 is 0 Å². The minimum atomic E-state index is -0.414. The molecule has 3 aromatic heterocycles. The number of pyridine rings is 3. The number of aryl methyl sites for hydroxylation is 2. The Morgan fingerprint density at radius 3 is 1.41 bits per heavy atom. The van der Waals surface area contributed by atoms with Gasteiger partial charge in [0, 0.05) is 73.1 Å². The summed E-state index contributed by atoms with van der Waals surface area (Å²) in [5.74, 6) is -0.827. The van der Waals surface area contributed by atoms with E-state index in [0.29, 0.717) is 11.4 Å². The van der Waals surface area contributed by atoms with Crippen LogP contribution in [0.5, 0.6) is 0 Å². The Hall–Kier alpha value is -4.76. The van der Waals surface area contributed by atoms with Crippen LogP contribution in [-0.4, -0.2) is 55.0 Å². The van der Waals surface area contributed by atoms with Crippen molar-refractivity contribution < 1.29 is 9.59 Å². The summed E-state index contributed by atoms with van der Waals surface area (Å²) in [5, 5.41) is 7.64. The highest BCUT2D eigenvalue weighted by Crippen LogP contribution is 2.29. The highest BCUT2D eigenvalue weighted by molar-refractivity contribution is 6.08. The predicted octanol–water partition coefficient (Wildman–Crippen LogP) is 5.85. The van der Waals surface area contributed by atoms with Crippen molar-refractivity contribution in [1.82, 2.24) is 15.0 Å². The fraction of sp³-hybridized carbons (Fsp3) is 0.194. The number of hydrogen-bond acceptors (Lipinski definition) is 7. The number of rotatable bonds is 6. The van der Waals surface area contributed by atoms with Gasteiger partial charge in [-0.15, -0.1) is 12.4 Å². The maximum atomic E-state index is 13.1. The Morgan fingerprint density at radius 2 is 1.02 bits per heavy atom. The third-order valence-corrected chi connectivity index (χ3v) is 6.52. The van der Waals surface area contributed by atoms with E-state index in [-0.39, 0.29) is 23.8 Å². The van der Waals surface area contributed by atoms with Gasteiger partial charge in [-0.2, -0.15) is 0 Å². The third-order valence-electron chi connectivity index (χ3n) is 6.52. The number of benzene rings is 2. The molecule has 9 nitrogen and oxygen atoms in total. The summed E-state index contributed by atoms with van der Waals surface area (Å²) < 4.78 is 0. The molecule has 0 fully saturated rings. The van der Waals surface area contributed by atoms with Gasteiger partial charge in [0.25, 0.3) is 11.8 Å². The lowest BCUT2D eigenvalue weighted by Gasteiger charge is -2.17. The molecule has 0 aliphatic rings. The first-order valence-electron chi connectivity index (χ1n) is 12.9. The molecule has 0 unspecified atom stereocenters. The molecule has 10 heteroatoms. The van der Waals surface area contributed by atoms with Gasteiger partial charge in [0.2, 0.25) is 0 Å². The maximum Gasteiger partial charge on any atom is 0.274 e. The molecular weight excluding hydrogens is 538 g/mol. The number of hydrogen-bond donors (Lipinski definition) is 2. The normalized spacial score (nSPS) is 10.7. The summed E-state index contributed by atoms with van der Waals surface area (Å²) in [6.07, 6.45) is 0. The zero-order valence-corrected chi connectivity index (χ0v) is 24.6. The number of amides is 2. The van der Waals surface area contributed by atoms with E-state index >= 15 is 0 Å². The fourth-order valence-electron chi connectivity index (χ4n) is 4.65. The molecule has 0 saturated heterocycles. The van der Waals surface area contributed by atoms with E-state index in [0.717, 1.165) is 44.6 Å². The lowest BCUT2D eigenvalue weighted by atomic mass is 10.1. The predicted molar refractivity (Wildman–Crippen MR) is 169 cm³/mol. The van der Waals surface area contributed by atoms with Crippen molar-refractivity contribution >= 4 is 68.8 Å². The van der Waals surface area contributed by atoms with Gasteiger partial charge in [-0.25, -0.2) is 4.98 Å². The van der Waals surface area contributed by atoms with Crippen molar-refractivity contribution in [2.24, 2.45) is 0 Å². The lowest BCUT2D eigenvalue weighted by Crippen LogP contribution is -2.18. The second-order valence-corrected chi connectivity index (χ2v) is 10.1. The highest BCUT2D eigenvalue weighted by Gasteiger charge is 2.15. The molecule has 0 radical (unpaired) electrons. The smallest absolute Gasteiger partial charge is 0.274 e. The van der Waals surface area contributed by atoms with Gasteiger partial charge in [0.15, 0.2) is 0 Å². The van der Waals surface area contributed by atoms with Gasteiger partial charge in [-0.3, -0.25) is 19.6 Å². The second-order valence-electron chi connectivity index (χ2n) is 10.1. The number of carbonyl (C=O) groups is 2. The van der Waals surface area contributed by atoms with Gasteiger partial charge in [0.05, 0.1) is 11.0 Å². The average molecular weight is 570 g/mol. The number of nitrogens with one attached hydrogen (secondary N) is 2. The van der Waals surface area contributed by atoms with Crippen molar-refractivity contribution in [1.29, 1.82) is 0 Å². The number of nitrogens with zero attached hydrogens (tertiary/aromatic N) is 5. The SMILES string of the molecule is Cc1cc(N(C)C)c2cc(NC(=O)c3cccc(C(=O)Nc4ccc5nc(C)cc(N(C)C)c5c4)n3)ccc2n1.Cl. The van der Waals surface area contributed by atoms with Gasteiger partial charge < -0.3 is 20.4 Å². The molecule has 0 aliphatic heterocycles. The second kappa shape index (κ2) is 11.8. The minimum Gasteiger partial charge on any atom is -0.377 e. The average Bonchev–Trinajstić information content (AvgIpc) is 2.92. The lowest BCUT2D eigenvalue weighted by molar-refractivity contribution is 0.101. The van der Waals surface area contributed by atoms with Crippen molar-refractivity contribution in [2.75, 3.05) is 48.6 Å². The van der Waals surface area contributed by atoms with Crippen LogP contribution in [0.1, 0.15) is 32.4 Å². The van der Waals surface area contributed by atoms with Crippen molar-refractivity contribution in [2.45, 2.75) is 13.8 Å². The summed E-state index contributed by atoms with van der Waals surface area (Å²) >= 11 is 0. The van der Waals surface area contributed by atoms with Crippen molar-refractivity contribution in [3.8, 4) is 0 Å². The molecule has 0 aliphatic carbocycles. The van der Waals surface area contributed by atoms with Crippen LogP contribution in [0.3, 0.4) is 0 Å². The Labute approximate surface area is 245 Å². The monoisotopic (exact) mass is 569 g/mol. The molecular formula is C31H32ClN7O2. The van der Waals surface area contributed by atoms with Gasteiger partial charge in [0.1, 0.15) is 11.4 Å². The quantitative estimate of drug-likeness (QED) is 0.264. The summed E-state index contributed by atoms with van der Waals surface area (Å²) in [6.45, 7) is 3.91. The molecule has 2 N–H and O–H groups in total. The van der Waals surface area contributed by atoms with Crippen LogP contribution < -0.4 is 20.4 Å². The molecule has 41 heavy (non-hydrogen) atoms. The summed E-state index contributed by atoms with van der Waals surface area (Å²) in [6, 6.07) is 20.0. The molecule has 210 valence electrons. The molecule has 3 heterocycles. The zero-order chi connectivity index (χ0) is 28.6. The largest absolute Gasteiger partial charge is 0.377 e. The molecule has 5 aromatic rings. The van der Waals surface area contributed by atoms with Gasteiger partial charge in [-0.05, 0) is 74.5 Å². The summed E-state index contributed by atoms with van der Waals surface area (Å²) in [7, 11) is 7.88. The van der Waals surface area contributed by atoms with E-state index in [2.05, 4.69) is 25.6 Å². The van der Waals surface area contributed by atoms with Crippen LogP contribution in [-0.2, 0) is 0 Å². The standard InChI is InChI=1S/C31H31N7O2.ClH/c1-18-14-28(37(3)4)22-16-20(10-12-24(22)32-18)34-30(39)26-8-7-9-27(36-26)31(40)35-21-11-13-25-23(17-21)29(38(5)6)15-19(2)33-25;/h7-17H,1-6H3,(H,34,39)(H,35,40);1H. The van der Waals surface area contributed by atoms with Crippen LogP contribution in [0.4, 0.5) is 22.7 Å². The Bertz CT molecular complexity index is 1660. The van der Waals surface area contributed by atoms with E-state index < -0.39 is 11.8 Å². The molecule has 5 rings (SSSR count). The summed E-state index contributed by atoms with van der Waals surface area (Å²) in [5.41, 5.74) is 7.03. The first-order chi connectivity index (χ1) is 19.1. The molecule has 0 spiro atoms. The highest BCUT2D eigenvalue weighted by atomic mass is 35.5. The van der Waals surface area contributed by atoms with Crippen molar-refractivity contribution in [3.63, 3.8) is 0 Å². The summed E-state index contributed by atoms with van der Waals surface area (Å²) in [4.78, 5) is 43.7. The molecule has 0 bridgehead atoms. The number of aromatic nitrogens is 3. The number of anilines is 4. The van der Waals surface area contributed by atoms with E-state index in [9.17, 15) is 9.59 Å². The molecule has 0 atom stereocenters. The zero-order valence-electron chi connectivity index (χ0n) is 23.8. The van der Waals surface area contributed by atoms with E-state index in [4.69, 9.17) is 0 Å².